The van der Waals surface area contributed by atoms with E-state index in [0.29, 0.717) is 34.4 Å². The molecule has 0 fully saturated rings. The average molecular weight is 425 g/mol. The summed E-state index contributed by atoms with van der Waals surface area (Å²) in [4.78, 5) is 17.6. The van der Waals surface area contributed by atoms with Crippen molar-refractivity contribution in [3.8, 4) is 6.07 Å². The summed E-state index contributed by atoms with van der Waals surface area (Å²) in [6.07, 6.45) is 2.51. The number of carbonyl (C=O) groups excluding carboxylic acids is 1. The third-order valence-corrected chi connectivity index (χ3v) is 5.65. The molecule has 3 nitrogen and oxygen atoms in total. The first-order valence-corrected chi connectivity index (χ1v) is 10.7. The number of halogens is 1. The lowest BCUT2D eigenvalue weighted by atomic mass is 9.61. The lowest BCUT2D eigenvalue weighted by Gasteiger charge is -2.41. The van der Waals surface area contributed by atoms with Gasteiger partial charge in [-0.15, -0.1) is 0 Å². The Labute approximate surface area is 188 Å². The first kappa shape index (κ1) is 26.2. The van der Waals surface area contributed by atoms with Crippen LogP contribution in [0, 0.1) is 16.7 Å². The van der Waals surface area contributed by atoms with Crippen molar-refractivity contribution in [3.05, 3.63) is 70.7 Å². The molecule has 31 heavy (non-hydrogen) atoms. The highest BCUT2D eigenvalue weighted by atomic mass is 19.1. The molecule has 168 valence electrons. The maximum absolute atomic E-state index is 15.0. The predicted molar refractivity (Wildman–Crippen MR) is 130 cm³/mol. The van der Waals surface area contributed by atoms with Crippen molar-refractivity contribution >= 4 is 11.5 Å². The molecule has 1 aliphatic carbocycles. The topological polar surface area (TPSA) is 53.2 Å². The number of aliphatic imine (C=N–C) groups is 1. The fourth-order valence-electron chi connectivity index (χ4n) is 4.81. The highest BCUT2D eigenvalue weighted by Crippen LogP contribution is 2.49. The van der Waals surface area contributed by atoms with E-state index in [4.69, 9.17) is 0 Å². The number of allylic oxidation sites excluding steroid dienone is 4. The van der Waals surface area contributed by atoms with E-state index < -0.39 is 11.2 Å². The summed E-state index contributed by atoms with van der Waals surface area (Å²) in [6, 6.07) is 9.19. The molecule has 0 bridgehead atoms. The maximum atomic E-state index is 15.0. The van der Waals surface area contributed by atoms with Crippen molar-refractivity contribution in [2.75, 3.05) is 0 Å². The van der Waals surface area contributed by atoms with Gasteiger partial charge < -0.3 is 0 Å². The van der Waals surface area contributed by atoms with Gasteiger partial charge in [-0.3, -0.25) is 9.79 Å². The van der Waals surface area contributed by atoms with Crippen LogP contribution in [0.1, 0.15) is 80.8 Å². The van der Waals surface area contributed by atoms with Gasteiger partial charge in [0.15, 0.2) is 5.78 Å². The Hall–Kier alpha value is -2.80. The van der Waals surface area contributed by atoms with Gasteiger partial charge in [-0.25, -0.2) is 4.39 Å². The molecule has 1 aromatic carbocycles. The number of nitriles is 1. The number of ketones is 1. The molecule has 0 radical (unpaired) electrons. The van der Waals surface area contributed by atoms with E-state index in [-0.39, 0.29) is 12.6 Å². The molecule has 1 unspecified atom stereocenters. The number of nitrogens with zero attached hydrogens (tertiary/aromatic N) is 2. The Morgan fingerprint density at radius 1 is 1.32 bits per heavy atom. The lowest BCUT2D eigenvalue weighted by Crippen LogP contribution is -2.39. The van der Waals surface area contributed by atoms with Gasteiger partial charge in [0.2, 0.25) is 0 Å². The summed E-state index contributed by atoms with van der Waals surface area (Å²) in [5, 5.41) is 9.40. The number of hydrogen-bond donors (Lipinski definition) is 0. The SMILES string of the molecule is C=CN=C(C)/C(=C(\C)F)C(C)(C1=C(C)CC(C)(C)CC1=O)c1cccc(C#N)c1.CC.[HH]. The summed E-state index contributed by atoms with van der Waals surface area (Å²) >= 11 is 0. The highest BCUT2D eigenvalue weighted by Gasteiger charge is 2.45. The van der Waals surface area contributed by atoms with Crippen LogP contribution < -0.4 is 0 Å². The van der Waals surface area contributed by atoms with Crippen LogP contribution in [0.4, 0.5) is 4.39 Å². The van der Waals surface area contributed by atoms with Gasteiger partial charge in [-0.1, -0.05) is 52.0 Å². The fourth-order valence-corrected chi connectivity index (χ4v) is 4.81. The smallest absolute Gasteiger partial charge is 0.160 e. The van der Waals surface area contributed by atoms with Crippen LogP contribution in [0.25, 0.3) is 0 Å². The number of Topliss-reactive ketones (excluding diaryl/α,β-unsaturated/α-hetero) is 1. The maximum Gasteiger partial charge on any atom is 0.160 e. The molecule has 0 heterocycles. The summed E-state index contributed by atoms with van der Waals surface area (Å²) in [7, 11) is 0. The monoisotopic (exact) mass is 424 g/mol. The standard InChI is InChI=1S/C25H29FN2O.C2H6.H2/c1-8-28-18(4)23(17(3)26)25(7,20-11-9-10-19(12-20)15-27)22-16(2)13-24(5,6)14-21(22)29;1-2;/h8-12H,1,13-14H2,2-7H3;1-2H3;1H/b23-17-,28-18?;;. The fraction of sp³-hybridized carbons (Fsp3) is 0.444. The molecule has 0 aliphatic heterocycles. The van der Waals surface area contributed by atoms with E-state index in [1.807, 2.05) is 33.8 Å². The first-order chi connectivity index (χ1) is 14.5. The Balaban J connectivity index is 0.00000311. The first-order valence-electron chi connectivity index (χ1n) is 10.7. The van der Waals surface area contributed by atoms with Crippen LogP contribution in [0.5, 0.6) is 0 Å². The minimum Gasteiger partial charge on any atom is -0.294 e. The van der Waals surface area contributed by atoms with Crippen molar-refractivity contribution in [2.45, 2.75) is 73.6 Å². The molecule has 0 N–H and O–H groups in total. The summed E-state index contributed by atoms with van der Waals surface area (Å²) in [5.74, 6) is -0.398. The van der Waals surface area contributed by atoms with E-state index >= 15 is 4.39 Å². The zero-order valence-electron chi connectivity index (χ0n) is 20.2. The summed E-state index contributed by atoms with van der Waals surface area (Å²) in [6.45, 7) is 18.7. The number of rotatable bonds is 5. The quantitative estimate of drug-likeness (QED) is 0.456. The third kappa shape index (κ3) is 5.47. The zero-order chi connectivity index (χ0) is 24.0. The second-order valence-corrected chi connectivity index (χ2v) is 8.72. The molecule has 0 aromatic heterocycles. The zero-order valence-corrected chi connectivity index (χ0v) is 20.2. The Morgan fingerprint density at radius 2 is 1.94 bits per heavy atom. The van der Waals surface area contributed by atoms with Crippen molar-refractivity contribution in [3.63, 3.8) is 0 Å². The Kier molecular flexibility index (Phi) is 8.87. The van der Waals surface area contributed by atoms with Crippen LogP contribution in [0.3, 0.4) is 0 Å². The normalized spacial score (nSPS) is 18.8. The van der Waals surface area contributed by atoms with Crippen molar-refractivity contribution in [1.82, 2.24) is 0 Å². The van der Waals surface area contributed by atoms with Gasteiger partial charge in [0.25, 0.3) is 0 Å². The van der Waals surface area contributed by atoms with Crippen LogP contribution in [0.15, 0.2) is 64.6 Å². The molecule has 0 saturated heterocycles. The van der Waals surface area contributed by atoms with E-state index in [9.17, 15) is 10.1 Å². The van der Waals surface area contributed by atoms with E-state index in [1.165, 1.54) is 13.1 Å². The van der Waals surface area contributed by atoms with Gasteiger partial charge >= 0.3 is 0 Å². The lowest BCUT2D eigenvalue weighted by molar-refractivity contribution is -0.118. The molecule has 1 aromatic rings. The van der Waals surface area contributed by atoms with Crippen LogP contribution in [-0.2, 0) is 10.2 Å². The second-order valence-electron chi connectivity index (χ2n) is 8.72. The summed E-state index contributed by atoms with van der Waals surface area (Å²) < 4.78 is 15.0. The van der Waals surface area contributed by atoms with Gasteiger partial charge in [-0.05, 0) is 57.2 Å². The minimum absolute atomic E-state index is 0. The number of carbonyl (C=O) groups is 1. The Morgan fingerprint density at radius 3 is 2.42 bits per heavy atom. The van der Waals surface area contributed by atoms with Gasteiger partial charge in [0.1, 0.15) is 5.83 Å². The molecule has 0 spiro atoms. The van der Waals surface area contributed by atoms with Crippen molar-refractivity contribution in [2.24, 2.45) is 10.4 Å². The predicted octanol–water partition coefficient (Wildman–Crippen LogP) is 7.64. The van der Waals surface area contributed by atoms with Crippen molar-refractivity contribution in [1.29, 1.82) is 5.26 Å². The molecule has 0 saturated carbocycles. The second kappa shape index (κ2) is 10.5. The largest absolute Gasteiger partial charge is 0.294 e. The molecule has 1 atom stereocenters. The molecule has 0 amide bonds. The highest BCUT2D eigenvalue weighted by molar-refractivity contribution is 6.08. The molecular formula is C27H37FN2O. The van der Waals surface area contributed by atoms with Crippen LogP contribution >= 0.6 is 0 Å². The van der Waals surface area contributed by atoms with Gasteiger partial charge in [0, 0.05) is 30.9 Å². The number of benzene rings is 1. The molecule has 4 heteroatoms. The number of hydrogen-bond acceptors (Lipinski definition) is 3. The van der Waals surface area contributed by atoms with Crippen LogP contribution in [0.2, 0.25) is 0 Å². The Bertz CT molecular complexity index is 991. The van der Waals surface area contributed by atoms with E-state index in [0.717, 1.165) is 12.0 Å². The van der Waals surface area contributed by atoms with Crippen molar-refractivity contribution < 1.29 is 10.6 Å². The molecular weight excluding hydrogens is 387 g/mol. The van der Waals surface area contributed by atoms with Gasteiger partial charge in [0.05, 0.1) is 17.0 Å². The minimum atomic E-state index is -1.07. The summed E-state index contributed by atoms with van der Waals surface area (Å²) in [5.41, 5.74) is 2.30. The van der Waals surface area contributed by atoms with Gasteiger partial charge in [-0.2, -0.15) is 5.26 Å². The molecule has 2 rings (SSSR count). The molecule has 1 aliphatic rings. The van der Waals surface area contributed by atoms with E-state index in [2.05, 4.69) is 31.5 Å². The average Bonchev–Trinajstić information content (AvgIpc) is 2.68. The third-order valence-electron chi connectivity index (χ3n) is 5.65. The van der Waals surface area contributed by atoms with Crippen LogP contribution in [-0.4, -0.2) is 11.5 Å². The van der Waals surface area contributed by atoms with E-state index in [1.54, 1.807) is 25.1 Å².